The van der Waals surface area contributed by atoms with Crippen LogP contribution in [0.4, 0.5) is 20.2 Å². The maximum Gasteiger partial charge on any atom is 0.255 e. The third kappa shape index (κ3) is 2.34. The largest absolute Gasteiger partial charge is 0.384 e. The number of nitrogens with one attached hydrogen (secondary N) is 2. The van der Waals surface area contributed by atoms with Crippen LogP contribution in [0.15, 0.2) is 36.4 Å². The summed E-state index contributed by atoms with van der Waals surface area (Å²) in [5.41, 5.74) is 2.33. The fraction of sp³-hybridized carbons (Fsp3) is 0.133. The van der Waals surface area contributed by atoms with Crippen molar-refractivity contribution in [2.24, 2.45) is 0 Å². The molecular formula is C15H12F2N2O. The number of carbonyl (C=O) groups excluding carboxylic acids is 1. The molecular weight excluding hydrogens is 262 g/mol. The molecule has 0 aromatic heterocycles. The standard InChI is InChI=1S/C15H12F2N2O/c16-11-2-3-12(17)14(8-11)19-15(20)10-1-4-13-9(7-10)5-6-18-13/h1-4,7-8,18H,5-6H2,(H,19,20). The van der Waals surface area contributed by atoms with Crippen molar-refractivity contribution in [1.82, 2.24) is 0 Å². The van der Waals surface area contributed by atoms with Crippen molar-refractivity contribution < 1.29 is 13.6 Å². The van der Waals surface area contributed by atoms with Gasteiger partial charge >= 0.3 is 0 Å². The molecule has 0 saturated heterocycles. The summed E-state index contributed by atoms with van der Waals surface area (Å²) < 4.78 is 26.5. The van der Waals surface area contributed by atoms with E-state index in [0.29, 0.717) is 5.56 Å². The van der Waals surface area contributed by atoms with Gasteiger partial charge in [-0.1, -0.05) is 0 Å². The minimum absolute atomic E-state index is 0.159. The average molecular weight is 274 g/mol. The highest BCUT2D eigenvalue weighted by atomic mass is 19.1. The molecule has 5 heteroatoms. The highest BCUT2D eigenvalue weighted by Crippen LogP contribution is 2.24. The van der Waals surface area contributed by atoms with Gasteiger partial charge in [0, 0.05) is 23.9 Å². The normalized spacial score (nSPS) is 12.7. The summed E-state index contributed by atoms with van der Waals surface area (Å²) >= 11 is 0. The number of hydrogen-bond acceptors (Lipinski definition) is 2. The van der Waals surface area contributed by atoms with Gasteiger partial charge in [0.1, 0.15) is 11.6 Å². The van der Waals surface area contributed by atoms with Crippen molar-refractivity contribution >= 4 is 17.3 Å². The van der Waals surface area contributed by atoms with Crippen LogP contribution in [-0.4, -0.2) is 12.5 Å². The molecule has 1 aliphatic rings. The van der Waals surface area contributed by atoms with E-state index in [2.05, 4.69) is 10.6 Å². The lowest BCUT2D eigenvalue weighted by Gasteiger charge is -2.08. The molecule has 3 nitrogen and oxygen atoms in total. The second-order valence-electron chi connectivity index (χ2n) is 4.63. The number of hydrogen-bond donors (Lipinski definition) is 2. The molecule has 1 heterocycles. The summed E-state index contributed by atoms with van der Waals surface area (Å²) in [6, 6.07) is 8.19. The van der Waals surface area contributed by atoms with Gasteiger partial charge in [0.15, 0.2) is 0 Å². The monoisotopic (exact) mass is 274 g/mol. The molecule has 102 valence electrons. The van der Waals surface area contributed by atoms with Crippen molar-refractivity contribution in [3.63, 3.8) is 0 Å². The lowest BCUT2D eigenvalue weighted by atomic mass is 10.1. The predicted octanol–water partition coefficient (Wildman–Crippen LogP) is 3.19. The first-order chi connectivity index (χ1) is 9.63. The van der Waals surface area contributed by atoms with E-state index in [4.69, 9.17) is 0 Å². The zero-order valence-corrected chi connectivity index (χ0v) is 10.5. The quantitative estimate of drug-likeness (QED) is 0.883. The highest BCUT2D eigenvalue weighted by molar-refractivity contribution is 6.04. The Bertz CT molecular complexity index is 686. The predicted molar refractivity (Wildman–Crippen MR) is 72.9 cm³/mol. The zero-order valence-electron chi connectivity index (χ0n) is 10.5. The molecule has 0 radical (unpaired) electrons. The molecule has 1 amide bonds. The summed E-state index contributed by atoms with van der Waals surface area (Å²) in [6.45, 7) is 0.846. The number of amides is 1. The molecule has 1 aliphatic heterocycles. The highest BCUT2D eigenvalue weighted by Gasteiger charge is 2.15. The van der Waals surface area contributed by atoms with E-state index < -0.39 is 17.5 Å². The van der Waals surface area contributed by atoms with E-state index in [1.165, 1.54) is 0 Å². The van der Waals surface area contributed by atoms with E-state index >= 15 is 0 Å². The van der Waals surface area contributed by atoms with Gasteiger partial charge in [-0.05, 0) is 42.3 Å². The SMILES string of the molecule is O=C(Nc1cc(F)ccc1F)c1ccc2c(c1)CCN2. The fourth-order valence-corrected chi connectivity index (χ4v) is 2.23. The van der Waals surface area contributed by atoms with Gasteiger partial charge in [-0.2, -0.15) is 0 Å². The smallest absolute Gasteiger partial charge is 0.255 e. The molecule has 20 heavy (non-hydrogen) atoms. The van der Waals surface area contributed by atoms with Crippen LogP contribution in [0.25, 0.3) is 0 Å². The molecule has 0 saturated carbocycles. The Morgan fingerprint density at radius 3 is 2.85 bits per heavy atom. The van der Waals surface area contributed by atoms with E-state index in [1.54, 1.807) is 12.1 Å². The molecule has 0 unspecified atom stereocenters. The minimum Gasteiger partial charge on any atom is -0.384 e. The molecule has 3 rings (SSSR count). The maximum atomic E-state index is 13.5. The Hall–Kier alpha value is -2.43. The van der Waals surface area contributed by atoms with Crippen LogP contribution in [0, 0.1) is 11.6 Å². The fourth-order valence-electron chi connectivity index (χ4n) is 2.23. The second-order valence-corrected chi connectivity index (χ2v) is 4.63. The van der Waals surface area contributed by atoms with E-state index in [-0.39, 0.29) is 5.69 Å². The van der Waals surface area contributed by atoms with Crippen molar-refractivity contribution in [3.05, 3.63) is 59.2 Å². The lowest BCUT2D eigenvalue weighted by molar-refractivity contribution is 0.102. The van der Waals surface area contributed by atoms with E-state index in [0.717, 1.165) is 42.4 Å². The molecule has 0 bridgehead atoms. The zero-order chi connectivity index (χ0) is 14.1. The molecule has 0 spiro atoms. The second kappa shape index (κ2) is 4.92. The Morgan fingerprint density at radius 1 is 1.15 bits per heavy atom. The molecule has 0 fully saturated rings. The number of fused-ring (bicyclic) bond motifs is 1. The number of carbonyl (C=O) groups is 1. The topological polar surface area (TPSA) is 41.1 Å². The number of rotatable bonds is 2. The first kappa shape index (κ1) is 12.6. The Labute approximate surface area is 114 Å². The summed E-state index contributed by atoms with van der Waals surface area (Å²) in [6.07, 6.45) is 0.852. The number of benzene rings is 2. The maximum absolute atomic E-state index is 13.5. The molecule has 0 atom stereocenters. The first-order valence-electron chi connectivity index (χ1n) is 6.27. The van der Waals surface area contributed by atoms with Crippen LogP contribution in [0.1, 0.15) is 15.9 Å². The van der Waals surface area contributed by atoms with Gasteiger partial charge in [-0.15, -0.1) is 0 Å². The van der Waals surface area contributed by atoms with Crippen molar-refractivity contribution in [2.45, 2.75) is 6.42 Å². The van der Waals surface area contributed by atoms with Crippen molar-refractivity contribution in [1.29, 1.82) is 0 Å². The van der Waals surface area contributed by atoms with Gasteiger partial charge in [0.2, 0.25) is 0 Å². The first-order valence-corrected chi connectivity index (χ1v) is 6.27. The van der Waals surface area contributed by atoms with Crippen LogP contribution < -0.4 is 10.6 Å². The van der Waals surface area contributed by atoms with E-state index in [1.807, 2.05) is 6.07 Å². The average Bonchev–Trinajstić information content (AvgIpc) is 2.90. The van der Waals surface area contributed by atoms with Crippen LogP contribution in [0.3, 0.4) is 0 Å². The third-order valence-corrected chi connectivity index (χ3v) is 3.25. The summed E-state index contributed by atoms with van der Waals surface area (Å²) in [5.74, 6) is -1.72. The summed E-state index contributed by atoms with van der Waals surface area (Å²) in [4.78, 5) is 12.1. The molecule has 2 aromatic carbocycles. The molecule has 2 aromatic rings. The Kier molecular flexibility index (Phi) is 3.10. The third-order valence-electron chi connectivity index (χ3n) is 3.25. The summed E-state index contributed by atoms with van der Waals surface area (Å²) in [5, 5.41) is 5.58. The van der Waals surface area contributed by atoms with Gasteiger partial charge in [0.05, 0.1) is 5.69 Å². The molecule has 2 N–H and O–H groups in total. The molecule has 0 aliphatic carbocycles. The van der Waals surface area contributed by atoms with Crippen LogP contribution in [-0.2, 0) is 6.42 Å². The Balaban J connectivity index is 1.84. The number of halogens is 2. The van der Waals surface area contributed by atoms with Gasteiger partial charge in [0.25, 0.3) is 5.91 Å². The van der Waals surface area contributed by atoms with Gasteiger partial charge < -0.3 is 10.6 Å². The minimum atomic E-state index is -0.664. The van der Waals surface area contributed by atoms with Crippen LogP contribution >= 0.6 is 0 Å². The van der Waals surface area contributed by atoms with Crippen LogP contribution in [0.5, 0.6) is 0 Å². The van der Waals surface area contributed by atoms with Crippen molar-refractivity contribution in [2.75, 3.05) is 17.2 Å². The van der Waals surface area contributed by atoms with E-state index in [9.17, 15) is 13.6 Å². The number of anilines is 2. The Morgan fingerprint density at radius 2 is 2.00 bits per heavy atom. The van der Waals surface area contributed by atoms with Crippen LogP contribution in [0.2, 0.25) is 0 Å². The van der Waals surface area contributed by atoms with Gasteiger partial charge in [-0.3, -0.25) is 4.79 Å². The lowest BCUT2D eigenvalue weighted by Crippen LogP contribution is -2.13. The van der Waals surface area contributed by atoms with Crippen molar-refractivity contribution in [3.8, 4) is 0 Å². The summed E-state index contributed by atoms with van der Waals surface area (Å²) in [7, 11) is 0. The van der Waals surface area contributed by atoms with Gasteiger partial charge in [-0.25, -0.2) is 8.78 Å².